The molecule has 0 aliphatic heterocycles. The van der Waals surface area contributed by atoms with E-state index in [1.807, 2.05) is 31.2 Å². The van der Waals surface area contributed by atoms with Crippen molar-refractivity contribution in [1.29, 1.82) is 5.26 Å². The lowest BCUT2D eigenvalue weighted by atomic mass is 10.0. The summed E-state index contributed by atoms with van der Waals surface area (Å²) in [6.45, 7) is 2.51. The predicted molar refractivity (Wildman–Crippen MR) is 84.2 cm³/mol. The van der Waals surface area contributed by atoms with Gasteiger partial charge in [-0.25, -0.2) is 0 Å². The highest BCUT2D eigenvalue weighted by Gasteiger charge is 2.06. The van der Waals surface area contributed by atoms with E-state index in [0.717, 1.165) is 11.3 Å². The lowest BCUT2D eigenvalue weighted by Crippen LogP contribution is -1.90. The molecule has 2 rings (SSSR count). The van der Waals surface area contributed by atoms with Crippen molar-refractivity contribution in [3.63, 3.8) is 0 Å². The molecule has 0 aromatic heterocycles. The van der Waals surface area contributed by atoms with Crippen molar-refractivity contribution in [1.82, 2.24) is 0 Å². The Morgan fingerprint density at radius 2 is 1.86 bits per heavy atom. The monoisotopic (exact) mass is 294 g/mol. The fraction of sp³-hybridized carbons (Fsp3) is 0.118. The molecule has 0 saturated carbocycles. The molecular formula is C17H14N2O3. The van der Waals surface area contributed by atoms with Gasteiger partial charge in [0.05, 0.1) is 23.2 Å². The lowest BCUT2D eigenvalue weighted by Gasteiger charge is -2.03. The van der Waals surface area contributed by atoms with Gasteiger partial charge in [-0.05, 0) is 48.4 Å². The quantitative estimate of drug-likeness (QED) is 0.360. The number of nitriles is 1. The summed E-state index contributed by atoms with van der Waals surface area (Å²) in [7, 11) is 0. The molecule has 0 unspecified atom stereocenters. The van der Waals surface area contributed by atoms with Gasteiger partial charge in [0, 0.05) is 12.1 Å². The van der Waals surface area contributed by atoms with E-state index in [4.69, 9.17) is 4.74 Å². The lowest BCUT2D eigenvalue weighted by molar-refractivity contribution is -0.384. The van der Waals surface area contributed by atoms with Crippen LogP contribution in [0.25, 0.3) is 11.6 Å². The van der Waals surface area contributed by atoms with Crippen LogP contribution >= 0.6 is 0 Å². The number of rotatable bonds is 5. The van der Waals surface area contributed by atoms with Crippen LogP contribution in [0.4, 0.5) is 5.69 Å². The van der Waals surface area contributed by atoms with Crippen molar-refractivity contribution in [2.45, 2.75) is 6.92 Å². The number of nitrogens with zero attached hydrogens (tertiary/aromatic N) is 2. The zero-order valence-electron chi connectivity index (χ0n) is 12.0. The molecular weight excluding hydrogens is 280 g/mol. The van der Waals surface area contributed by atoms with Gasteiger partial charge in [0.1, 0.15) is 5.75 Å². The maximum absolute atomic E-state index is 10.6. The van der Waals surface area contributed by atoms with E-state index in [-0.39, 0.29) is 5.69 Å². The minimum atomic E-state index is -0.466. The molecule has 0 bridgehead atoms. The van der Waals surface area contributed by atoms with E-state index in [9.17, 15) is 15.4 Å². The standard InChI is InChI=1S/C17H14N2O3/c1-2-22-17-9-3-13(4-10-17)11-15(12-18)14-5-7-16(8-6-14)19(20)21/h3-11H,2H2,1H3/b15-11+. The van der Waals surface area contributed by atoms with Crippen LogP contribution in [0.2, 0.25) is 0 Å². The van der Waals surface area contributed by atoms with Gasteiger partial charge in [0.25, 0.3) is 5.69 Å². The molecule has 0 atom stereocenters. The fourth-order valence-electron chi connectivity index (χ4n) is 1.94. The first kappa shape index (κ1) is 15.3. The van der Waals surface area contributed by atoms with Gasteiger partial charge < -0.3 is 4.74 Å². The van der Waals surface area contributed by atoms with Crippen LogP contribution in [0.15, 0.2) is 48.5 Å². The summed E-state index contributed by atoms with van der Waals surface area (Å²) in [4.78, 5) is 10.2. The zero-order chi connectivity index (χ0) is 15.9. The molecule has 5 nitrogen and oxygen atoms in total. The Bertz CT molecular complexity index is 726. The van der Waals surface area contributed by atoms with Gasteiger partial charge in [-0.3, -0.25) is 10.1 Å². The summed E-state index contributed by atoms with van der Waals surface area (Å²) < 4.78 is 5.36. The SMILES string of the molecule is CCOc1ccc(/C=C(\C#N)c2ccc([N+](=O)[O-])cc2)cc1. The molecule has 5 heteroatoms. The highest BCUT2D eigenvalue weighted by atomic mass is 16.6. The Labute approximate surface area is 128 Å². The Hall–Kier alpha value is -3.13. The van der Waals surface area contributed by atoms with E-state index in [0.29, 0.717) is 17.7 Å². The number of allylic oxidation sites excluding steroid dienone is 1. The number of benzene rings is 2. The Morgan fingerprint density at radius 3 is 2.36 bits per heavy atom. The second kappa shape index (κ2) is 7.04. The first-order chi connectivity index (χ1) is 10.6. The number of ether oxygens (including phenoxy) is 1. The molecule has 2 aromatic rings. The molecule has 0 saturated heterocycles. The first-order valence-electron chi connectivity index (χ1n) is 6.73. The normalized spacial score (nSPS) is 10.8. The Kier molecular flexibility index (Phi) is 4.89. The molecule has 0 radical (unpaired) electrons. The average molecular weight is 294 g/mol. The molecule has 0 aliphatic rings. The van der Waals surface area contributed by atoms with Crippen molar-refractivity contribution in [3.05, 3.63) is 69.8 Å². The number of hydrogen-bond acceptors (Lipinski definition) is 4. The molecule has 2 aromatic carbocycles. The second-order valence-corrected chi connectivity index (χ2v) is 4.48. The molecule has 0 N–H and O–H groups in total. The van der Waals surface area contributed by atoms with E-state index in [2.05, 4.69) is 6.07 Å². The van der Waals surface area contributed by atoms with Crippen molar-refractivity contribution in [2.24, 2.45) is 0 Å². The van der Waals surface area contributed by atoms with Crippen LogP contribution in [-0.2, 0) is 0 Å². The number of non-ortho nitro benzene ring substituents is 1. The third kappa shape index (κ3) is 3.70. The van der Waals surface area contributed by atoms with E-state index in [1.165, 1.54) is 12.1 Å². The minimum absolute atomic E-state index is 0.00195. The van der Waals surface area contributed by atoms with Crippen LogP contribution in [-0.4, -0.2) is 11.5 Å². The number of hydrogen-bond donors (Lipinski definition) is 0. The van der Waals surface area contributed by atoms with Gasteiger partial charge in [-0.15, -0.1) is 0 Å². The van der Waals surface area contributed by atoms with Crippen LogP contribution in [0.1, 0.15) is 18.1 Å². The largest absolute Gasteiger partial charge is 0.494 e. The van der Waals surface area contributed by atoms with E-state index >= 15 is 0 Å². The average Bonchev–Trinajstić information content (AvgIpc) is 2.54. The maximum atomic E-state index is 10.6. The third-order valence-electron chi connectivity index (χ3n) is 3.01. The van der Waals surface area contributed by atoms with E-state index in [1.54, 1.807) is 18.2 Å². The highest BCUT2D eigenvalue weighted by Crippen LogP contribution is 2.22. The van der Waals surface area contributed by atoms with Gasteiger partial charge in [-0.1, -0.05) is 12.1 Å². The van der Waals surface area contributed by atoms with Gasteiger partial charge in [0.2, 0.25) is 0 Å². The summed E-state index contributed by atoms with van der Waals surface area (Å²) in [5.74, 6) is 0.772. The van der Waals surface area contributed by atoms with Crippen LogP contribution in [0.5, 0.6) is 5.75 Å². The van der Waals surface area contributed by atoms with Crippen LogP contribution < -0.4 is 4.74 Å². The van der Waals surface area contributed by atoms with Crippen molar-refractivity contribution in [3.8, 4) is 11.8 Å². The summed E-state index contributed by atoms with van der Waals surface area (Å²) >= 11 is 0. The van der Waals surface area contributed by atoms with Gasteiger partial charge in [-0.2, -0.15) is 5.26 Å². The smallest absolute Gasteiger partial charge is 0.269 e. The number of nitro groups is 1. The van der Waals surface area contributed by atoms with Crippen molar-refractivity contribution in [2.75, 3.05) is 6.61 Å². The van der Waals surface area contributed by atoms with Gasteiger partial charge >= 0.3 is 0 Å². The fourth-order valence-corrected chi connectivity index (χ4v) is 1.94. The number of nitro benzene ring substituents is 1. The zero-order valence-corrected chi connectivity index (χ0v) is 12.0. The molecule has 110 valence electrons. The van der Waals surface area contributed by atoms with Crippen LogP contribution in [0, 0.1) is 21.4 Å². The molecule has 0 fully saturated rings. The molecule has 0 spiro atoms. The van der Waals surface area contributed by atoms with Crippen molar-refractivity contribution < 1.29 is 9.66 Å². The Balaban J connectivity index is 2.27. The van der Waals surface area contributed by atoms with Crippen molar-refractivity contribution >= 4 is 17.3 Å². The third-order valence-corrected chi connectivity index (χ3v) is 3.01. The highest BCUT2D eigenvalue weighted by molar-refractivity contribution is 5.89. The van der Waals surface area contributed by atoms with Crippen LogP contribution in [0.3, 0.4) is 0 Å². The summed E-state index contributed by atoms with van der Waals surface area (Å²) in [5.41, 5.74) is 1.95. The minimum Gasteiger partial charge on any atom is -0.494 e. The molecule has 0 amide bonds. The summed E-state index contributed by atoms with van der Waals surface area (Å²) in [5, 5.41) is 19.9. The predicted octanol–water partition coefficient (Wildman–Crippen LogP) is 4.06. The molecule has 22 heavy (non-hydrogen) atoms. The van der Waals surface area contributed by atoms with Gasteiger partial charge in [0.15, 0.2) is 0 Å². The first-order valence-corrected chi connectivity index (χ1v) is 6.73. The topological polar surface area (TPSA) is 76.2 Å². The Morgan fingerprint density at radius 1 is 1.23 bits per heavy atom. The van der Waals surface area contributed by atoms with E-state index < -0.39 is 4.92 Å². The maximum Gasteiger partial charge on any atom is 0.269 e. The molecule has 0 heterocycles. The second-order valence-electron chi connectivity index (χ2n) is 4.48. The summed E-state index contributed by atoms with van der Waals surface area (Å²) in [6.07, 6.45) is 1.73. The molecule has 0 aliphatic carbocycles. The summed E-state index contributed by atoms with van der Waals surface area (Å²) in [6, 6.07) is 15.4.